The van der Waals surface area contributed by atoms with Gasteiger partial charge in [0.05, 0.1) is 5.10 Å². The van der Waals surface area contributed by atoms with Crippen molar-refractivity contribution in [2.45, 2.75) is 0 Å². The number of anilines is 2. The number of nitrogens with zero attached hydrogens (tertiary/aromatic N) is 3. The van der Waals surface area contributed by atoms with Crippen LogP contribution in [0.1, 0.15) is 0 Å². The Morgan fingerprint density at radius 1 is 1.05 bits per heavy atom. The van der Waals surface area contributed by atoms with Crippen LogP contribution in [0.25, 0.3) is 11.0 Å². The average molecular weight is 254 g/mol. The average Bonchev–Trinajstić information content (AvgIpc) is 2.42. The Morgan fingerprint density at radius 3 is 2.58 bits per heavy atom. The molecular weight excluding hydrogens is 244 g/mol. The highest BCUT2D eigenvalue weighted by Crippen LogP contribution is 2.17. The minimum atomic E-state index is 0.170. The van der Waals surface area contributed by atoms with Gasteiger partial charge in [-0.05, 0) is 35.2 Å². The maximum atomic E-state index is 11.7. The van der Waals surface area contributed by atoms with Crippen molar-refractivity contribution in [2.24, 2.45) is 0 Å². The number of phenolic OH excluding ortho intramolecular Hbond substituents is 1. The van der Waals surface area contributed by atoms with Crippen LogP contribution in [0.15, 0.2) is 48.5 Å². The molecule has 0 bridgehead atoms. The van der Waals surface area contributed by atoms with E-state index >= 15 is 0 Å². The van der Waals surface area contributed by atoms with Gasteiger partial charge in [0.2, 0.25) is 0 Å². The number of aromatic hydroxyl groups is 1. The van der Waals surface area contributed by atoms with Gasteiger partial charge in [0.1, 0.15) is 11.3 Å². The van der Waals surface area contributed by atoms with Crippen LogP contribution in [0, 0.1) is 5.21 Å². The van der Waals surface area contributed by atoms with Crippen molar-refractivity contribution in [1.29, 1.82) is 0 Å². The molecule has 3 aromatic rings. The molecule has 2 aromatic carbocycles. The van der Waals surface area contributed by atoms with Gasteiger partial charge in [0.15, 0.2) is 0 Å². The van der Waals surface area contributed by atoms with Crippen LogP contribution in [0.4, 0.5) is 11.6 Å². The van der Waals surface area contributed by atoms with E-state index in [4.69, 9.17) is 0 Å². The Morgan fingerprint density at radius 2 is 1.79 bits per heavy atom. The molecule has 3 rings (SSSR count). The van der Waals surface area contributed by atoms with Crippen molar-refractivity contribution in [1.82, 2.24) is 10.1 Å². The summed E-state index contributed by atoms with van der Waals surface area (Å²) in [5.74, 6) is 0.378. The third-order valence-corrected chi connectivity index (χ3v) is 2.62. The number of benzene rings is 2. The zero-order chi connectivity index (χ0) is 13.2. The number of nitrogens with one attached hydrogen (secondary N) is 1. The number of para-hydroxylation sites is 2. The second-order valence-corrected chi connectivity index (χ2v) is 3.97. The summed E-state index contributed by atoms with van der Waals surface area (Å²) in [6.07, 6.45) is 0. The Hall–Kier alpha value is -2.89. The first-order chi connectivity index (χ1) is 9.22. The first-order valence-electron chi connectivity index (χ1n) is 5.65. The van der Waals surface area contributed by atoms with E-state index in [0.29, 0.717) is 21.6 Å². The lowest BCUT2D eigenvalue weighted by molar-refractivity contribution is -0.641. The zero-order valence-corrected chi connectivity index (χ0v) is 9.82. The Labute approximate surface area is 108 Å². The second kappa shape index (κ2) is 4.41. The lowest BCUT2D eigenvalue weighted by Gasteiger charge is -2.05. The highest BCUT2D eigenvalue weighted by atomic mass is 16.5. The van der Waals surface area contributed by atoms with Gasteiger partial charge in [-0.15, -0.1) is 0 Å². The number of aromatic nitrogens is 3. The monoisotopic (exact) mass is 254 g/mol. The molecule has 1 aromatic heterocycles. The second-order valence-electron chi connectivity index (χ2n) is 3.97. The van der Waals surface area contributed by atoms with Crippen LogP contribution in [-0.4, -0.2) is 15.2 Å². The summed E-state index contributed by atoms with van der Waals surface area (Å²) in [6, 6.07) is 13.4. The van der Waals surface area contributed by atoms with Crippen molar-refractivity contribution in [3.05, 3.63) is 53.7 Å². The molecule has 0 radical (unpaired) electrons. The van der Waals surface area contributed by atoms with E-state index < -0.39 is 0 Å². The summed E-state index contributed by atoms with van der Waals surface area (Å²) in [7, 11) is 0. The van der Waals surface area contributed by atoms with Crippen molar-refractivity contribution in [3.63, 3.8) is 0 Å². The molecule has 0 unspecified atom stereocenters. The van der Waals surface area contributed by atoms with Crippen molar-refractivity contribution < 1.29 is 9.95 Å². The molecule has 1 heterocycles. The fourth-order valence-corrected chi connectivity index (χ4v) is 1.72. The van der Waals surface area contributed by atoms with Crippen molar-refractivity contribution >= 4 is 22.7 Å². The number of hydrogen-bond donors (Lipinski definition) is 2. The highest BCUT2D eigenvalue weighted by Gasteiger charge is 2.09. The summed E-state index contributed by atoms with van der Waals surface area (Å²) in [4.78, 5) is 4.78. The molecule has 0 saturated carbocycles. The van der Waals surface area contributed by atoms with E-state index in [2.05, 4.69) is 15.4 Å². The fourth-order valence-electron chi connectivity index (χ4n) is 1.72. The van der Waals surface area contributed by atoms with Crippen LogP contribution in [-0.2, 0) is 0 Å². The third-order valence-electron chi connectivity index (χ3n) is 2.62. The largest absolute Gasteiger partial charge is 0.594 e. The van der Waals surface area contributed by atoms with Gasteiger partial charge >= 0.3 is 0 Å². The highest BCUT2D eigenvalue weighted by molar-refractivity contribution is 5.71. The van der Waals surface area contributed by atoms with Gasteiger partial charge < -0.3 is 15.6 Å². The van der Waals surface area contributed by atoms with Gasteiger partial charge in [0, 0.05) is 11.8 Å². The van der Waals surface area contributed by atoms with Crippen molar-refractivity contribution in [3.8, 4) is 5.75 Å². The van der Waals surface area contributed by atoms with Crippen LogP contribution < -0.4 is 10.2 Å². The molecule has 0 spiro atoms. The summed E-state index contributed by atoms with van der Waals surface area (Å²) in [5, 5.41) is 27.6. The molecule has 0 fully saturated rings. The van der Waals surface area contributed by atoms with E-state index in [1.807, 2.05) is 0 Å². The molecule has 0 amide bonds. The fraction of sp³-hybridized carbons (Fsp3) is 0. The molecule has 0 aliphatic rings. The quantitative estimate of drug-likeness (QED) is 0.413. The molecule has 0 atom stereocenters. The van der Waals surface area contributed by atoms with E-state index in [1.54, 1.807) is 36.4 Å². The number of phenols is 1. The predicted molar refractivity (Wildman–Crippen MR) is 69.9 cm³/mol. The predicted octanol–water partition coefficient (Wildman–Crippen LogP) is 1.71. The minimum absolute atomic E-state index is 0.170. The zero-order valence-electron chi connectivity index (χ0n) is 9.82. The third kappa shape index (κ3) is 2.23. The van der Waals surface area contributed by atoms with Gasteiger partial charge in [-0.2, -0.15) is 0 Å². The number of rotatable bonds is 2. The Kier molecular flexibility index (Phi) is 2.60. The molecule has 19 heavy (non-hydrogen) atoms. The summed E-state index contributed by atoms with van der Waals surface area (Å²) in [6.45, 7) is 0. The molecule has 0 saturated heterocycles. The summed E-state index contributed by atoms with van der Waals surface area (Å²) in [5.41, 5.74) is 1.67. The molecule has 6 nitrogen and oxygen atoms in total. The van der Waals surface area contributed by atoms with E-state index in [0.717, 1.165) is 0 Å². The summed E-state index contributed by atoms with van der Waals surface area (Å²) < 4.78 is 0. The molecular formula is C13H10N4O2. The molecule has 0 aliphatic heterocycles. The number of fused-ring (bicyclic) bond motifs is 1. The SMILES string of the molecule is [O-][n+]1nc(Nc2ccc(O)cc2)nc2ccccc21. The van der Waals surface area contributed by atoms with Crippen LogP contribution in [0.5, 0.6) is 5.75 Å². The molecule has 94 valence electrons. The molecule has 6 heteroatoms. The standard InChI is InChI=1S/C13H10N4O2/c18-10-7-5-9(6-8-10)14-13-15-11-3-1-2-4-12(11)17(19)16-13/h1-8,18H,(H,14,15,16). The van der Waals surface area contributed by atoms with Crippen molar-refractivity contribution in [2.75, 3.05) is 5.32 Å². The van der Waals surface area contributed by atoms with Crippen LogP contribution in [0.2, 0.25) is 0 Å². The van der Waals surface area contributed by atoms with Gasteiger partial charge in [0.25, 0.3) is 11.5 Å². The Bertz CT molecular complexity index is 728. The lowest BCUT2D eigenvalue weighted by Crippen LogP contribution is -2.33. The topological polar surface area (TPSA) is 85.0 Å². The van der Waals surface area contributed by atoms with E-state index in [-0.39, 0.29) is 11.7 Å². The smallest absolute Gasteiger partial charge is 0.295 e. The maximum absolute atomic E-state index is 11.7. The van der Waals surface area contributed by atoms with Gasteiger partial charge in [-0.25, -0.2) is 4.98 Å². The minimum Gasteiger partial charge on any atom is -0.594 e. The number of hydrogen-bond acceptors (Lipinski definition) is 5. The maximum Gasteiger partial charge on any atom is 0.295 e. The van der Waals surface area contributed by atoms with E-state index in [1.165, 1.54) is 12.1 Å². The molecule has 2 N–H and O–H groups in total. The lowest BCUT2D eigenvalue weighted by atomic mass is 10.3. The normalized spacial score (nSPS) is 10.5. The first-order valence-corrected chi connectivity index (χ1v) is 5.65. The Balaban J connectivity index is 1.99. The van der Waals surface area contributed by atoms with Crippen LogP contribution in [0.3, 0.4) is 0 Å². The van der Waals surface area contributed by atoms with Gasteiger partial charge in [-0.1, -0.05) is 12.1 Å². The first kappa shape index (κ1) is 11.2. The molecule has 0 aliphatic carbocycles. The van der Waals surface area contributed by atoms with Crippen LogP contribution >= 0.6 is 0 Å². The van der Waals surface area contributed by atoms with Gasteiger partial charge in [-0.3, -0.25) is 0 Å². The summed E-state index contributed by atoms with van der Waals surface area (Å²) >= 11 is 0. The van der Waals surface area contributed by atoms with E-state index in [9.17, 15) is 10.3 Å².